The quantitative estimate of drug-likeness (QED) is 0.265. The van der Waals surface area contributed by atoms with E-state index in [1.54, 1.807) is 6.92 Å². The van der Waals surface area contributed by atoms with Gasteiger partial charge in [-0.2, -0.15) is 5.10 Å². The summed E-state index contributed by atoms with van der Waals surface area (Å²) in [5, 5.41) is 8.48. The Morgan fingerprint density at radius 1 is 1.02 bits per heavy atom. The van der Waals surface area contributed by atoms with Crippen LogP contribution < -0.4 is 10.2 Å². The fourth-order valence-corrected chi connectivity index (χ4v) is 5.65. The molecule has 6 rings (SSSR count). The molecule has 1 aliphatic rings. The number of aromatic amines is 1. The molecule has 0 unspecified atom stereocenters. The Bertz CT molecular complexity index is 1720. The van der Waals surface area contributed by atoms with Crippen molar-refractivity contribution in [2.75, 3.05) is 36.9 Å². The second-order valence-corrected chi connectivity index (χ2v) is 11.1. The van der Waals surface area contributed by atoms with E-state index in [-0.39, 0.29) is 5.91 Å². The summed E-state index contributed by atoms with van der Waals surface area (Å²) in [5.41, 5.74) is 10.1. The number of hydrogen-bond acceptors (Lipinski definition) is 5. The monoisotopic (exact) mass is 547 g/mol. The molecule has 1 aliphatic heterocycles. The summed E-state index contributed by atoms with van der Waals surface area (Å²) >= 11 is 0. The minimum absolute atomic E-state index is 0.0879. The van der Waals surface area contributed by atoms with E-state index in [0.717, 1.165) is 82.0 Å². The Labute approximate surface area is 241 Å². The smallest absolute Gasteiger partial charge is 0.221 e. The predicted octanol–water partition coefficient (Wildman–Crippen LogP) is 6.19. The molecule has 0 saturated carbocycles. The third-order valence-electron chi connectivity index (χ3n) is 8.26. The normalized spacial score (nSPS) is 15.9. The summed E-state index contributed by atoms with van der Waals surface area (Å²) in [6.45, 7) is 11.8. The highest BCUT2D eigenvalue weighted by molar-refractivity contribution is 6.04. The van der Waals surface area contributed by atoms with Crippen LogP contribution in [0, 0.1) is 6.92 Å². The van der Waals surface area contributed by atoms with Crippen LogP contribution in [0.1, 0.15) is 26.3 Å². The van der Waals surface area contributed by atoms with E-state index in [1.165, 1.54) is 5.69 Å². The Morgan fingerprint density at radius 3 is 2.51 bits per heavy atom. The number of hydrogen-bond donors (Lipinski definition) is 2. The summed E-state index contributed by atoms with van der Waals surface area (Å²) < 4.78 is 1.92. The van der Waals surface area contributed by atoms with Crippen LogP contribution >= 0.6 is 0 Å². The average molecular weight is 548 g/mol. The van der Waals surface area contributed by atoms with Gasteiger partial charge in [0.1, 0.15) is 5.65 Å². The lowest BCUT2D eigenvalue weighted by Crippen LogP contribution is -2.50. The molecular formula is C33H37N7O. The topological polar surface area (TPSA) is 82.1 Å². The fourth-order valence-electron chi connectivity index (χ4n) is 5.65. The number of piperazine rings is 1. The molecular weight excluding hydrogens is 510 g/mol. The molecule has 1 atom stereocenters. The average Bonchev–Trinajstić information content (AvgIpc) is 3.60. The number of fused-ring (bicyclic) bond motifs is 1. The van der Waals surface area contributed by atoms with E-state index in [9.17, 15) is 4.79 Å². The van der Waals surface area contributed by atoms with Crippen molar-refractivity contribution < 1.29 is 4.79 Å². The van der Waals surface area contributed by atoms with Gasteiger partial charge in [0, 0.05) is 85.0 Å². The molecule has 5 aromatic rings. The standard InChI is InChI=1S/C33H37N7O/c1-6-40-20-27(18-35-40)26-15-29-31(25-8-7-21(2)30(16-25)36-23(4)41)32(37-33(29)34-17-26)24-9-11-28(12-10-24)39-14-13-38(5)22(3)19-39/h7-12,15-18,20,22H,6,13-14,19H2,1-5H3,(H,34,37)(H,36,41)/t22-/m1/s1. The Balaban J connectivity index is 1.47. The van der Waals surface area contributed by atoms with E-state index in [1.807, 2.05) is 24.0 Å². The van der Waals surface area contributed by atoms with Crippen LogP contribution in [0.4, 0.5) is 11.4 Å². The molecule has 8 nitrogen and oxygen atoms in total. The number of H-pyrrole nitrogens is 1. The minimum atomic E-state index is -0.0879. The maximum atomic E-state index is 12.0. The fraction of sp³-hybridized carbons (Fsp3) is 0.303. The molecule has 0 aliphatic carbocycles. The van der Waals surface area contributed by atoms with Crippen molar-refractivity contribution in [3.05, 3.63) is 72.7 Å². The van der Waals surface area contributed by atoms with Gasteiger partial charge < -0.3 is 20.1 Å². The van der Waals surface area contributed by atoms with Crippen molar-refractivity contribution in [1.29, 1.82) is 0 Å². The van der Waals surface area contributed by atoms with Crippen LogP contribution in [0.15, 0.2) is 67.1 Å². The van der Waals surface area contributed by atoms with Crippen molar-refractivity contribution >= 4 is 28.3 Å². The molecule has 1 saturated heterocycles. The summed E-state index contributed by atoms with van der Waals surface area (Å²) in [7, 11) is 2.19. The van der Waals surface area contributed by atoms with Gasteiger partial charge in [-0.15, -0.1) is 0 Å². The van der Waals surface area contributed by atoms with E-state index in [2.05, 4.69) is 101 Å². The third-order valence-corrected chi connectivity index (χ3v) is 8.26. The van der Waals surface area contributed by atoms with Crippen molar-refractivity contribution in [2.24, 2.45) is 0 Å². The second kappa shape index (κ2) is 10.9. The van der Waals surface area contributed by atoms with Crippen LogP contribution in [0.2, 0.25) is 0 Å². The van der Waals surface area contributed by atoms with Crippen LogP contribution in [0.5, 0.6) is 0 Å². The predicted molar refractivity (Wildman–Crippen MR) is 167 cm³/mol. The summed E-state index contributed by atoms with van der Waals surface area (Å²) in [6.07, 6.45) is 5.84. The molecule has 4 heterocycles. The van der Waals surface area contributed by atoms with Gasteiger partial charge >= 0.3 is 0 Å². The highest BCUT2D eigenvalue weighted by Crippen LogP contribution is 2.41. The highest BCUT2D eigenvalue weighted by Gasteiger charge is 2.22. The first kappa shape index (κ1) is 26.8. The van der Waals surface area contributed by atoms with Gasteiger partial charge in [0.25, 0.3) is 0 Å². The number of likely N-dealkylation sites (N-methyl/N-ethyl adjacent to an activating group) is 1. The van der Waals surface area contributed by atoms with Crippen molar-refractivity contribution in [1.82, 2.24) is 24.6 Å². The molecule has 210 valence electrons. The van der Waals surface area contributed by atoms with E-state index < -0.39 is 0 Å². The number of nitrogens with one attached hydrogen (secondary N) is 2. The van der Waals surface area contributed by atoms with Crippen LogP contribution in [0.25, 0.3) is 44.5 Å². The Morgan fingerprint density at radius 2 is 1.80 bits per heavy atom. The van der Waals surface area contributed by atoms with Crippen molar-refractivity contribution in [3.63, 3.8) is 0 Å². The van der Waals surface area contributed by atoms with Gasteiger partial charge in [-0.3, -0.25) is 9.48 Å². The van der Waals surface area contributed by atoms with Gasteiger partial charge in [0.15, 0.2) is 0 Å². The first-order valence-corrected chi connectivity index (χ1v) is 14.3. The zero-order chi connectivity index (χ0) is 28.7. The number of carbonyl (C=O) groups excluding carboxylic acids is 1. The summed E-state index contributed by atoms with van der Waals surface area (Å²) in [5.74, 6) is -0.0879. The first-order valence-electron chi connectivity index (χ1n) is 14.3. The van der Waals surface area contributed by atoms with Crippen LogP contribution in [0.3, 0.4) is 0 Å². The van der Waals surface area contributed by atoms with Gasteiger partial charge in [-0.1, -0.05) is 24.3 Å². The van der Waals surface area contributed by atoms with Gasteiger partial charge in [-0.25, -0.2) is 4.98 Å². The zero-order valence-corrected chi connectivity index (χ0v) is 24.4. The first-order chi connectivity index (χ1) is 19.8. The number of rotatable bonds is 6. The molecule has 2 N–H and O–H groups in total. The lowest BCUT2D eigenvalue weighted by molar-refractivity contribution is -0.114. The molecule has 3 aromatic heterocycles. The number of pyridine rings is 1. The summed E-state index contributed by atoms with van der Waals surface area (Å²) in [4.78, 5) is 25.3. The van der Waals surface area contributed by atoms with Crippen LogP contribution in [-0.2, 0) is 11.3 Å². The van der Waals surface area contributed by atoms with Gasteiger partial charge in [0.2, 0.25) is 5.91 Å². The number of aromatic nitrogens is 4. The Hall–Kier alpha value is -4.43. The molecule has 0 spiro atoms. The maximum Gasteiger partial charge on any atom is 0.221 e. The number of nitrogens with zero attached hydrogens (tertiary/aromatic N) is 5. The van der Waals surface area contributed by atoms with Crippen LogP contribution in [-0.4, -0.2) is 63.3 Å². The molecule has 0 bridgehead atoms. The minimum Gasteiger partial charge on any atom is -0.369 e. The number of carbonyl (C=O) groups is 1. The molecule has 2 aromatic carbocycles. The van der Waals surface area contributed by atoms with Crippen molar-refractivity contribution in [3.8, 4) is 33.5 Å². The van der Waals surface area contributed by atoms with E-state index in [0.29, 0.717) is 6.04 Å². The van der Waals surface area contributed by atoms with Gasteiger partial charge in [-0.05, 0) is 68.8 Å². The number of anilines is 2. The van der Waals surface area contributed by atoms with Gasteiger partial charge in [0.05, 0.1) is 11.9 Å². The summed E-state index contributed by atoms with van der Waals surface area (Å²) in [6, 6.07) is 17.8. The highest BCUT2D eigenvalue weighted by atomic mass is 16.1. The second-order valence-electron chi connectivity index (χ2n) is 11.1. The van der Waals surface area contributed by atoms with E-state index >= 15 is 0 Å². The Kier molecular flexibility index (Phi) is 7.09. The lowest BCUT2D eigenvalue weighted by Gasteiger charge is -2.39. The molecule has 0 radical (unpaired) electrons. The molecule has 41 heavy (non-hydrogen) atoms. The molecule has 1 fully saturated rings. The third kappa shape index (κ3) is 5.23. The lowest BCUT2D eigenvalue weighted by atomic mass is 9.96. The molecule has 1 amide bonds. The number of amides is 1. The van der Waals surface area contributed by atoms with E-state index in [4.69, 9.17) is 4.98 Å². The SMILES string of the molecule is CCn1cc(-c2cnc3[nH]c(-c4ccc(N5CCN(C)[C@H](C)C5)cc4)c(-c4ccc(C)c(NC(C)=O)c4)c3c2)cn1. The number of benzene rings is 2. The largest absolute Gasteiger partial charge is 0.369 e. The number of aryl methyl sites for hydroxylation is 2. The van der Waals surface area contributed by atoms with Crippen molar-refractivity contribution in [2.45, 2.75) is 40.3 Å². The molecule has 8 heteroatoms. The maximum absolute atomic E-state index is 12.0. The zero-order valence-electron chi connectivity index (χ0n) is 24.4.